The quantitative estimate of drug-likeness (QED) is 0.767. The van der Waals surface area contributed by atoms with Gasteiger partial charge in [0.1, 0.15) is 10.7 Å². The second kappa shape index (κ2) is 5.75. The van der Waals surface area contributed by atoms with E-state index >= 15 is 0 Å². The van der Waals surface area contributed by atoms with Crippen molar-refractivity contribution in [2.24, 2.45) is 5.92 Å². The summed E-state index contributed by atoms with van der Waals surface area (Å²) in [6.07, 6.45) is 0.912. The Morgan fingerprint density at radius 3 is 3.05 bits per heavy atom. The fourth-order valence-electron chi connectivity index (χ4n) is 2.38. The van der Waals surface area contributed by atoms with Crippen LogP contribution in [-0.4, -0.2) is 46.6 Å². The van der Waals surface area contributed by atoms with E-state index < -0.39 is 0 Å². The highest BCUT2D eigenvalue weighted by Gasteiger charge is 2.35. The maximum atomic E-state index is 12.5. The Balaban J connectivity index is 2.19. The van der Waals surface area contributed by atoms with Gasteiger partial charge in [0.05, 0.1) is 12.6 Å². The lowest BCUT2D eigenvalue weighted by molar-refractivity contribution is 0.0654. The minimum Gasteiger partial charge on any atom is -0.394 e. The lowest BCUT2D eigenvalue weighted by Crippen LogP contribution is -2.39. The van der Waals surface area contributed by atoms with Crippen LogP contribution in [0.1, 0.15) is 29.9 Å². The predicted molar refractivity (Wildman–Crippen MR) is 76.4 cm³/mol. The van der Waals surface area contributed by atoms with Gasteiger partial charge in [0.2, 0.25) is 0 Å². The normalized spacial score (nSPS) is 22.8. The van der Waals surface area contributed by atoms with E-state index in [2.05, 4.69) is 10.3 Å². The van der Waals surface area contributed by atoms with E-state index in [9.17, 15) is 9.90 Å². The summed E-state index contributed by atoms with van der Waals surface area (Å²) in [5.41, 5.74) is 5.81. The van der Waals surface area contributed by atoms with Crippen LogP contribution < -0.4 is 11.1 Å². The van der Waals surface area contributed by atoms with Crippen molar-refractivity contribution in [1.82, 2.24) is 9.88 Å². The summed E-state index contributed by atoms with van der Waals surface area (Å²) in [4.78, 5) is 18.8. The summed E-state index contributed by atoms with van der Waals surface area (Å²) in [5.74, 6) is 0.459. The molecule has 1 aliphatic rings. The Morgan fingerprint density at radius 2 is 2.42 bits per heavy atom. The fourth-order valence-corrected chi connectivity index (χ4v) is 3.29. The lowest BCUT2D eigenvalue weighted by atomic mass is 10.0. The molecule has 0 bridgehead atoms. The molecule has 2 heterocycles. The molecule has 1 saturated heterocycles. The molecule has 2 atom stereocenters. The van der Waals surface area contributed by atoms with Crippen LogP contribution in [0.4, 0.5) is 10.9 Å². The monoisotopic (exact) mass is 284 g/mol. The molecule has 19 heavy (non-hydrogen) atoms. The largest absolute Gasteiger partial charge is 0.394 e. The molecule has 1 aromatic heterocycles. The number of anilines is 2. The van der Waals surface area contributed by atoms with Crippen molar-refractivity contribution in [3.05, 3.63) is 4.88 Å². The van der Waals surface area contributed by atoms with E-state index in [0.717, 1.165) is 13.0 Å². The van der Waals surface area contributed by atoms with Crippen LogP contribution in [-0.2, 0) is 0 Å². The maximum Gasteiger partial charge on any atom is 0.268 e. The van der Waals surface area contributed by atoms with E-state index in [1.54, 1.807) is 4.90 Å². The van der Waals surface area contributed by atoms with E-state index in [1.807, 2.05) is 13.8 Å². The van der Waals surface area contributed by atoms with Gasteiger partial charge < -0.3 is 21.1 Å². The number of amides is 1. The summed E-state index contributed by atoms with van der Waals surface area (Å²) in [6.45, 7) is 5.41. The van der Waals surface area contributed by atoms with Crippen molar-refractivity contribution in [3.63, 3.8) is 0 Å². The number of aromatic nitrogens is 1. The van der Waals surface area contributed by atoms with E-state index in [-0.39, 0.29) is 24.4 Å². The van der Waals surface area contributed by atoms with Crippen LogP contribution in [0, 0.1) is 5.92 Å². The zero-order valence-electron chi connectivity index (χ0n) is 11.2. The second-order valence-electron chi connectivity index (χ2n) is 4.78. The zero-order chi connectivity index (χ0) is 14.0. The van der Waals surface area contributed by atoms with E-state index in [1.165, 1.54) is 11.3 Å². The molecule has 4 N–H and O–H groups in total. The highest BCUT2D eigenvalue weighted by atomic mass is 32.1. The lowest BCUT2D eigenvalue weighted by Gasteiger charge is -2.24. The minimum absolute atomic E-state index is 0.00825. The van der Waals surface area contributed by atoms with E-state index in [4.69, 9.17) is 5.73 Å². The van der Waals surface area contributed by atoms with Gasteiger partial charge in [0, 0.05) is 13.1 Å². The number of rotatable bonds is 4. The number of hydrogen-bond donors (Lipinski definition) is 3. The van der Waals surface area contributed by atoms with Gasteiger partial charge in [-0.15, -0.1) is 0 Å². The van der Waals surface area contributed by atoms with Crippen LogP contribution in [0.5, 0.6) is 0 Å². The van der Waals surface area contributed by atoms with Gasteiger partial charge in [0.15, 0.2) is 5.13 Å². The number of hydrogen-bond acceptors (Lipinski definition) is 6. The van der Waals surface area contributed by atoms with E-state index in [0.29, 0.717) is 22.5 Å². The SMILES string of the molecule is CCNc1nc(N)c(C(=O)N2CCC(C)C2CO)s1. The number of carbonyl (C=O) groups excluding carboxylic acids is 1. The molecular formula is C12H20N4O2S. The first-order valence-corrected chi connectivity index (χ1v) is 7.32. The number of carbonyl (C=O) groups is 1. The van der Waals surface area contributed by atoms with Crippen molar-refractivity contribution < 1.29 is 9.90 Å². The number of thiazole rings is 1. The molecule has 1 aliphatic heterocycles. The molecule has 0 radical (unpaired) electrons. The predicted octanol–water partition coefficient (Wildman–Crippen LogP) is 1.000. The van der Waals surface area contributed by atoms with Crippen LogP contribution in [0.2, 0.25) is 0 Å². The van der Waals surface area contributed by atoms with Crippen LogP contribution in [0.3, 0.4) is 0 Å². The topological polar surface area (TPSA) is 91.5 Å². The molecule has 2 unspecified atom stereocenters. The first kappa shape index (κ1) is 14.1. The van der Waals surface area contributed by atoms with Crippen molar-refractivity contribution in [2.45, 2.75) is 26.3 Å². The van der Waals surface area contributed by atoms with Gasteiger partial charge in [-0.2, -0.15) is 0 Å². The molecular weight excluding hydrogens is 264 g/mol. The average molecular weight is 284 g/mol. The Labute approximate surface area is 116 Å². The minimum atomic E-state index is -0.123. The number of nitrogens with one attached hydrogen (secondary N) is 1. The number of aliphatic hydroxyl groups is 1. The van der Waals surface area contributed by atoms with Crippen molar-refractivity contribution in [3.8, 4) is 0 Å². The number of nitrogen functional groups attached to an aromatic ring is 1. The summed E-state index contributed by atoms with van der Waals surface area (Å²) < 4.78 is 0. The molecule has 2 rings (SSSR count). The summed E-state index contributed by atoms with van der Waals surface area (Å²) in [7, 11) is 0. The first-order valence-electron chi connectivity index (χ1n) is 6.50. The van der Waals surface area contributed by atoms with Crippen molar-refractivity contribution in [2.75, 3.05) is 30.7 Å². The molecule has 1 aromatic rings. The molecule has 0 aliphatic carbocycles. The van der Waals surface area contributed by atoms with Gasteiger partial charge >= 0.3 is 0 Å². The molecule has 106 valence electrons. The van der Waals surface area contributed by atoms with Crippen LogP contribution in [0.15, 0.2) is 0 Å². The van der Waals surface area contributed by atoms with Gasteiger partial charge in [-0.25, -0.2) is 4.98 Å². The number of aliphatic hydroxyl groups excluding tert-OH is 1. The fraction of sp³-hybridized carbons (Fsp3) is 0.667. The third kappa shape index (κ3) is 2.66. The third-order valence-corrected chi connectivity index (χ3v) is 4.52. The third-order valence-electron chi connectivity index (χ3n) is 3.51. The highest BCUT2D eigenvalue weighted by molar-refractivity contribution is 7.18. The molecule has 0 aromatic carbocycles. The molecule has 1 amide bonds. The number of nitrogens with two attached hydrogens (primary N) is 1. The molecule has 6 nitrogen and oxygen atoms in total. The standard InChI is InChI=1S/C12H20N4O2S/c1-3-14-12-15-10(13)9(19-12)11(18)16-5-4-7(2)8(16)6-17/h7-8,17H,3-6,13H2,1-2H3,(H,14,15). The zero-order valence-corrected chi connectivity index (χ0v) is 12.0. The summed E-state index contributed by atoms with van der Waals surface area (Å²) in [5, 5.41) is 13.1. The second-order valence-corrected chi connectivity index (χ2v) is 5.78. The van der Waals surface area contributed by atoms with Crippen LogP contribution >= 0.6 is 11.3 Å². The molecule has 1 fully saturated rings. The summed E-state index contributed by atoms with van der Waals surface area (Å²) in [6, 6.07) is -0.114. The van der Waals surface area contributed by atoms with Gasteiger partial charge in [-0.3, -0.25) is 4.79 Å². The Hall–Kier alpha value is -1.34. The number of nitrogens with zero attached hydrogens (tertiary/aromatic N) is 2. The Kier molecular flexibility index (Phi) is 4.26. The molecule has 7 heteroatoms. The van der Waals surface area contributed by atoms with Gasteiger partial charge in [-0.1, -0.05) is 18.3 Å². The first-order chi connectivity index (χ1) is 9.08. The average Bonchev–Trinajstić information content (AvgIpc) is 2.92. The molecule has 0 saturated carbocycles. The smallest absolute Gasteiger partial charge is 0.268 e. The molecule has 0 spiro atoms. The van der Waals surface area contributed by atoms with Gasteiger partial charge in [0.25, 0.3) is 5.91 Å². The Morgan fingerprint density at radius 1 is 1.68 bits per heavy atom. The summed E-state index contributed by atoms with van der Waals surface area (Å²) >= 11 is 1.27. The Bertz CT molecular complexity index is 463. The highest BCUT2D eigenvalue weighted by Crippen LogP contribution is 2.31. The van der Waals surface area contributed by atoms with Gasteiger partial charge in [-0.05, 0) is 19.3 Å². The number of likely N-dealkylation sites (tertiary alicyclic amines) is 1. The maximum absolute atomic E-state index is 12.5. The van der Waals surface area contributed by atoms with Crippen molar-refractivity contribution >= 4 is 28.2 Å². The van der Waals surface area contributed by atoms with Crippen LogP contribution in [0.25, 0.3) is 0 Å². The van der Waals surface area contributed by atoms with Crippen molar-refractivity contribution in [1.29, 1.82) is 0 Å².